The molecule has 0 N–H and O–H groups in total. The molecule has 0 saturated carbocycles. The molecule has 0 aliphatic carbocycles. The van der Waals surface area contributed by atoms with Crippen molar-refractivity contribution in [3.63, 3.8) is 0 Å². The molecule has 5 heterocycles. The average Bonchev–Trinajstić information content (AvgIpc) is 3.67. The summed E-state index contributed by atoms with van der Waals surface area (Å²) >= 11 is 0. The third kappa shape index (κ3) is 6.58. The molecule has 3 aromatic carbocycles. The summed E-state index contributed by atoms with van der Waals surface area (Å²) < 4.78 is 48.1. The first-order valence-corrected chi connectivity index (χ1v) is 15.5. The molecule has 5 nitrogen and oxygen atoms in total. The maximum atomic E-state index is 8.55. The normalized spacial score (nSPS) is 14.8. The van der Waals surface area contributed by atoms with E-state index in [1.54, 1.807) is 30.5 Å². The van der Waals surface area contributed by atoms with Crippen LogP contribution in [0.15, 0.2) is 95.0 Å². The van der Waals surface area contributed by atoms with E-state index in [2.05, 4.69) is 70.9 Å². The number of hydrogen-bond donors (Lipinski definition) is 0. The zero-order valence-electron chi connectivity index (χ0n) is 32.0. The minimum Gasteiger partial charge on any atom is -0.486 e. The van der Waals surface area contributed by atoms with Crippen molar-refractivity contribution in [2.24, 2.45) is 11.3 Å². The van der Waals surface area contributed by atoms with Gasteiger partial charge in [0.1, 0.15) is 0 Å². The first kappa shape index (κ1) is 26.7. The average molecular weight is 800 g/mol. The molecule has 0 amide bonds. The van der Waals surface area contributed by atoms with Gasteiger partial charge >= 0.3 is 0 Å². The Morgan fingerprint density at radius 1 is 0.979 bits per heavy atom. The van der Waals surface area contributed by atoms with E-state index in [0.717, 1.165) is 28.8 Å². The molecular weight excluding hydrogens is 757 g/mol. The standard InChI is InChI=1S/C22H21N2O.C19H17N2.Ir/c1-14-8-9-17-16-6-5-7-18(20(16)25-21(17)24-14)19-12-15(10-11-23-19)13-22(2,3)4;1-13(2)16-11-15-9-6-10-17-18(15)21(12-16)19(20-17)14-7-4-3-5-8-14;/h5-6,8-12H,13H2,1-4H3;3-7,9-11,13H,12H2,1-2H3;/q2*-1;/i1D3,13D2;;. The SMILES string of the molecule is CC(C)C1=Cc2cccc3nc(-c4[c-]cccc4)n(c23)C1.[2H]C([2H])([2H])c1ccc2c(n1)oc1c(-c3cc(C([2H])([2H])C(C)(C)C)ccn3)[c-]ccc12.[Ir]. The molecule has 0 saturated heterocycles. The van der Waals surface area contributed by atoms with E-state index in [9.17, 15) is 0 Å². The molecule has 8 rings (SSSR count). The maximum Gasteiger partial charge on any atom is 0.216 e. The van der Waals surface area contributed by atoms with Gasteiger partial charge in [-0.15, -0.1) is 54.1 Å². The third-order valence-corrected chi connectivity index (χ3v) is 8.00. The monoisotopic (exact) mass is 800 g/mol. The summed E-state index contributed by atoms with van der Waals surface area (Å²) in [5.74, 6) is 1.56. The van der Waals surface area contributed by atoms with Crippen molar-refractivity contribution >= 4 is 39.2 Å². The maximum absolute atomic E-state index is 8.55. The van der Waals surface area contributed by atoms with E-state index in [1.165, 1.54) is 22.7 Å². The minimum absolute atomic E-state index is 0. The molecule has 0 bridgehead atoms. The van der Waals surface area contributed by atoms with Gasteiger partial charge in [0.2, 0.25) is 5.71 Å². The first-order valence-electron chi connectivity index (χ1n) is 18.0. The van der Waals surface area contributed by atoms with Crippen LogP contribution >= 0.6 is 0 Å². The van der Waals surface area contributed by atoms with Crippen LogP contribution in [-0.2, 0) is 33.0 Å². The Bertz CT molecular complexity index is 2440. The second kappa shape index (κ2) is 13.0. The number of imidazole rings is 1. The number of aryl methyl sites for hydroxylation is 1. The van der Waals surface area contributed by atoms with Crippen molar-refractivity contribution in [1.29, 1.82) is 0 Å². The van der Waals surface area contributed by atoms with Gasteiger partial charge in [-0.3, -0.25) is 4.98 Å². The van der Waals surface area contributed by atoms with Crippen molar-refractivity contribution in [1.82, 2.24) is 19.5 Å². The van der Waals surface area contributed by atoms with E-state index in [-0.39, 0.29) is 31.5 Å². The quantitative estimate of drug-likeness (QED) is 0.166. The zero-order valence-corrected chi connectivity index (χ0v) is 29.4. The molecule has 6 heteroatoms. The van der Waals surface area contributed by atoms with Crippen molar-refractivity contribution in [2.75, 3.05) is 0 Å². The van der Waals surface area contributed by atoms with Crippen LogP contribution in [0.3, 0.4) is 0 Å². The van der Waals surface area contributed by atoms with Crippen molar-refractivity contribution in [3.8, 4) is 22.6 Å². The number of para-hydroxylation sites is 1. The predicted octanol–water partition coefficient (Wildman–Crippen LogP) is 10.3. The predicted molar refractivity (Wildman–Crippen MR) is 188 cm³/mol. The number of furan rings is 1. The third-order valence-electron chi connectivity index (χ3n) is 8.00. The van der Waals surface area contributed by atoms with Gasteiger partial charge in [0.25, 0.3) is 0 Å². The largest absolute Gasteiger partial charge is 0.486 e. The molecule has 239 valence electrons. The fourth-order valence-electron chi connectivity index (χ4n) is 5.89. The van der Waals surface area contributed by atoms with E-state index >= 15 is 0 Å². The second-order valence-corrected chi connectivity index (χ2v) is 12.9. The van der Waals surface area contributed by atoms with Gasteiger partial charge in [-0.2, -0.15) is 0 Å². The summed E-state index contributed by atoms with van der Waals surface area (Å²) in [5, 5.41) is 1.48. The zero-order chi connectivity index (χ0) is 36.3. The molecule has 47 heavy (non-hydrogen) atoms. The number of hydrogen-bond acceptors (Lipinski definition) is 4. The fourth-order valence-corrected chi connectivity index (χ4v) is 5.89. The van der Waals surface area contributed by atoms with Crippen LogP contribution in [0.25, 0.3) is 61.8 Å². The van der Waals surface area contributed by atoms with Gasteiger partial charge in [-0.05, 0) is 65.7 Å². The fraction of sp³-hybridized carbons (Fsp3) is 0.244. The van der Waals surface area contributed by atoms with Gasteiger partial charge in [0.05, 0.1) is 22.4 Å². The van der Waals surface area contributed by atoms with Gasteiger partial charge in [-0.1, -0.05) is 75.4 Å². The Kier molecular flexibility index (Phi) is 7.39. The van der Waals surface area contributed by atoms with Crippen LogP contribution in [0.5, 0.6) is 0 Å². The van der Waals surface area contributed by atoms with Crippen LogP contribution in [-0.4, -0.2) is 19.5 Å². The number of rotatable bonds is 4. The minimum atomic E-state index is -2.32. The number of fused-ring (bicyclic) bond motifs is 3. The molecule has 0 unspecified atom stereocenters. The van der Waals surface area contributed by atoms with Crippen molar-refractivity contribution < 1.29 is 31.4 Å². The van der Waals surface area contributed by atoms with Gasteiger partial charge in [0.15, 0.2) is 0 Å². The number of benzene rings is 3. The van der Waals surface area contributed by atoms with Gasteiger partial charge in [0, 0.05) is 50.8 Å². The molecule has 0 fully saturated rings. The number of pyridine rings is 2. The van der Waals surface area contributed by atoms with Crippen LogP contribution in [0.1, 0.15) is 58.3 Å². The second-order valence-electron chi connectivity index (χ2n) is 12.9. The van der Waals surface area contributed by atoms with Crippen LogP contribution < -0.4 is 0 Å². The number of allylic oxidation sites excluding steroid dienone is 1. The van der Waals surface area contributed by atoms with Gasteiger partial charge in [-0.25, -0.2) is 4.98 Å². The summed E-state index contributed by atoms with van der Waals surface area (Å²) in [6.45, 7) is 8.67. The molecule has 1 aliphatic heterocycles. The Hall–Kier alpha value is -4.38. The number of nitrogens with zero attached hydrogens (tertiary/aromatic N) is 4. The molecule has 4 aromatic heterocycles. The first-order chi connectivity index (χ1) is 24.1. The molecule has 0 atom stereocenters. The van der Waals surface area contributed by atoms with E-state index < -0.39 is 18.6 Å². The van der Waals surface area contributed by atoms with E-state index in [1.807, 2.05) is 45.0 Å². The van der Waals surface area contributed by atoms with E-state index in [0.29, 0.717) is 33.7 Å². The number of aromatic nitrogens is 4. The van der Waals surface area contributed by atoms with Crippen molar-refractivity contribution in [2.45, 2.75) is 54.4 Å². The summed E-state index contributed by atoms with van der Waals surface area (Å²) in [6, 6.07) is 31.0. The Morgan fingerprint density at radius 2 is 1.85 bits per heavy atom. The molecular formula is C41H38IrN4O-2. The van der Waals surface area contributed by atoms with Gasteiger partial charge < -0.3 is 14.0 Å². The Morgan fingerprint density at radius 3 is 2.62 bits per heavy atom. The molecule has 1 radical (unpaired) electrons. The Labute approximate surface area is 297 Å². The summed E-state index contributed by atoms with van der Waals surface area (Å²) in [7, 11) is 0. The summed E-state index contributed by atoms with van der Waals surface area (Å²) in [6.07, 6.45) is 2.34. The molecule has 7 aromatic rings. The van der Waals surface area contributed by atoms with Crippen LogP contribution in [0, 0.1) is 30.3 Å². The van der Waals surface area contributed by atoms with Crippen LogP contribution in [0.2, 0.25) is 0 Å². The Balaban J connectivity index is 0.000000185. The van der Waals surface area contributed by atoms with E-state index in [4.69, 9.17) is 16.3 Å². The topological polar surface area (TPSA) is 56.7 Å². The van der Waals surface area contributed by atoms with Crippen LogP contribution in [0.4, 0.5) is 0 Å². The van der Waals surface area contributed by atoms with Crippen molar-refractivity contribution in [3.05, 3.63) is 120 Å². The smallest absolute Gasteiger partial charge is 0.216 e. The molecule has 0 spiro atoms. The molecule has 1 aliphatic rings. The summed E-state index contributed by atoms with van der Waals surface area (Å²) in [5.41, 5.74) is 7.82. The summed E-state index contributed by atoms with van der Waals surface area (Å²) in [4.78, 5) is 13.4.